The van der Waals surface area contributed by atoms with E-state index in [1.807, 2.05) is 13.8 Å². The van der Waals surface area contributed by atoms with Gasteiger partial charge in [-0.2, -0.15) is 13.2 Å². The Bertz CT molecular complexity index is 397. The maximum Gasteiger partial charge on any atom is 0.416 e. The van der Waals surface area contributed by atoms with Crippen molar-refractivity contribution in [3.05, 3.63) is 34.9 Å². The molecule has 0 saturated heterocycles. The normalized spacial score (nSPS) is 14.0. The van der Waals surface area contributed by atoms with Crippen molar-refractivity contribution in [1.82, 2.24) is 0 Å². The summed E-state index contributed by atoms with van der Waals surface area (Å²) in [6.07, 6.45) is -3.53. The van der Waals surface area contributed by atoms with Gasteiger partial charge in [-0.05, 0) is 48.9 Å². The molecule has 0 spiro atoms. The van der Waals surface area contributed by atoms with E-state index in [0.29, 0.717) is 18.4 Å². The van der Waals surface area contributed by atoms with Gasteiger partial charge in [-0.15, -0.1) is 0 Å². The molecule has 0 aromatic heterocycles. The number of aliphatic hydroxyl groups excluding tert-OH is 1. The van der Waals surface area contributed by atoms with Crippen molar-refractivity contribution >= 4 is 0 Å². The highest BCUT2D eigenvalue weighted by atomic mass is 19.4. The van der Waals surface area contributed by atoms with E-state index in [4.69, 9.17) is 0 Å². The van der Waals surface area contributed by atoms with Gasteiger partial charge in [-0.3, -0.25) is 0 Å². The highest BCUT2D eigenvalue weighted by Crippen LogP contribution is 2.30. The Morgan fingerprint density at radius 2 is 1.83 bits per heavy atom. The summed E-state index contributed by atoms with van der Waals surface area (Å²) in [4.78, 5) is 0. The zero-order chi connectivity index (χ0) is 13.9. The predicted molar refractivity (Wildman–Crippen MR) is 65.3 cm³/mol. The average Bonchev–Trinajstić information content (AvgIpc) is 2.25. The standard InChI is InChI=1S/C14H19F3O/c1-9(2)13(18)7-5-11-4-6-12(8-10(11)3)14(15,16)17/h4,6,8-9,13,18H,5,7H2,1-3H3. The number of alkyl halides is 3. The van der Waals surface area contributed by atoms with E-state index in [-0.39, 0.29) is 5.92 Å². The van der Waals surface area contributed by atoms with Gasteiger partial charge in [-0.1, -0.05) is 19.9 Å². The smallest absolute Gasteiger partial charge is 0.393 e. The van der Waals surface area contributed by atoms with Crippen LogP contribution in [-0.4, -0.2) is 11.2 Å². The highest BCUT2D eigenvalue weighted by Gasteiger charge is 2.30. The van der Waals surface area contributed by atoms with Crippen LogP contribution in [0.25, 0.3) is 0 Å². The summed E-state index contributed by atoms with van der Waals surface area (Å²) in [5.41, 5.74) is 0.872. The minimum absolute atomic E-state index is 0.166. The maximum atomic E-state index is 12.5. The Balaban J connectivity index is 2.75. The highest BCUT2D eigenvalue weighted by molar-refractivity contribution is 5.32. The van der Waals surface area contributed by atoms with Crippen molar-refractivity contribution in [2.75, 3.05) is 0 Å². The lowest BCUT2D eigenvalue weighted by Crippen LogP contribution is -2.15. The zero-order valence-corrected chi connectivity index (χ0v) is 10.9. The first kappa shape index (κ1) is 15.0. The quantitative estimate of drug-likeness (QED) is 0.868. The van der Waals surface area contributed by atoms with Gasteiger partial charge in [0.1, 0.15) is 0 Å². The fourth-order valence-corrected chi connectivity index (χ4v) is 1.79. The van der Waals surface area contributed by atoms with Crippen molar-refractivity contribution in [2.45, 2.75) is 45.9 Å². The monoisotopic (exact) mass is 260 g/mol. The molecule has 1 N–H and O–H groups in total. The van der Waals surface area contributed by atoms with Gasteiger partial charge in [0.15, 0.2) is 0 Å². The average molecular weight is 260 g/mol. The summed E-state index contributed by atoms with van der Waals surface area (Å²) in [6, 6.07) is 3.77. The van der Waals surface area contributed by atoms with E-state index in [2.05, 4.69) is 0 Å². The molecule has 1 rings (SSSR count). The second-order valence-corrected chi connectivity index (χ2v) is 4.99. The van der Waals surface area contributed by atoms with Crippen LogP contribution in [0.3, 0.4) is 0 Å². The predicted octanol–water partition coefficient (Wildman–Crippen LogP) is 3.96. The van der Waals surface area contributed by atoms with E-state index in [1.165, 1.54) is 6.07 Å². The van der Waals surface area contributed by atoms with Gasteiger partial charge in [-0.25, -0.2) is 0 Å². The summed E-state index contributed by atoms with van der Waals surface area (Å²) in [6.45, 7) is 5.51. The SMILES string of the molecule is Cc1cc(C(F)(F)F)ccc1CCC(O)C(C)C. The van der Waals surface area contributed by atoms with E-state index >= 15 is 0 Å². The van der Waals surface area contributed by atoms with E-state index in [9.17, 15) is 18.3 Å². The van der Waals surface area contributed by atoms with Crippen LogP contribution < -0.4 is 0 Å². The molecule has 1 aromatic rings. The molecule has 102 valence electrons. The Hall–Kier alpha value is -1.03. The van der Waals surface area contributed by atoms with Crippen molar-refractivity contribution in [3.63, 3.8) is 0 Å². The minimum atomic E-state index is -4.29. The molecular weight excluding hydrogens is 241 g/mol. The molecule has 0 aliphatic rings. The number of halogens is 3. The van der Waals surface area contributed by atoms with E-state index in [1.54, 1.807) is 6.92 Å². The molecule has 4 heteroatoms. The van der Waals surface area contributed by atoms with Gasteiger partial charge in [0, 0.05) is 0 Å². The number of aryl methyl sites for hydroxylation is 2. The van der Waals surface area contributed by atoms with Crippen LogP contribution in [0.5, 0.6) is 0 Å². The zero-order valence-electron chi connectivity index (χ0n) is 10.9. The second-order valence-electron chi connectivity index (χ2n) is 4.99. The molecule has 0 heterocycles. The van der Waals surface area contributed by atoms with Crippen LogP contribution in [0.4, 0.5) is 13.2 Å². The van der Waals surface area contributed by atoms with Crippen molar-refractivity contribution in [1.29, 1.82) is 0 Å². The third-order valence-electron chi connectivity index (χ3n) is 3.15. The van der Waals surface area contributed by atoms with Crippen LogP contribution in [0.15, 0.2) is 18.2 Å². The van der Waals surface area contributed by atoms with Gasteiger partial charge in [0.05, 0.1) is 11.7 Å². The Morgan fingerprint density at radius 1 is 1.22 bits per heavy atom. The lowest BCUT2D eigenvalue weighted by molar-refractivity contribution is -0.137. The number of hydrogen-bond donors (Lipinski definition) is 1. The fourth-order valence-electron chi connectivity index (χ4n) is 1.79. The third-order valence-corrected chi connectivity index (χ3v) is 3.15. The topological polar surface area (TPSA) is 20.2 Å². The van der Waals surface area contributed by atoms with Crippen LogP contribution in [0.2, 0.25) is 0 Å². The number of benzene rings is 1. The first-order valence-electron chi connectivity index (χ1n) is 6.06. The molecule has 0 radical (unpaired) electrons. The Kier molecular flexibility index (Phi) is 4.79. The van der Waals surface area contributed by atoms with Crippen molar-refractivity contribution in [2.24, 2.45) is 5.92 Å². The minimum Gasteiger partial charge on any atom is -0.393 e. The Labute approximate surface area is 106 Å². The largest absolute Gasteiger partial charge is 0.416 e. The molecule has 0 fully saturated rings. The van der Waals surface area contributed by atoms with Crippen LogP contribution >= 0.6 is 0 Å². The summed E-state index contributed by atoms with van der Waals surface area (Å²) in [5.74, 6) is 0.166. The van der Waals surface area contributed by atoms with Crippen LogP contribution in [0.1, 0.15) is 37.0 Å². The summed E-state index contributed by atoms with van der Waals surface area (Å²) < 4.78 is 37.4. The van der Waals surface area contributed by atoms with E-state index < -0.39 is 17.8 Å². The molecule has 0 aliphatic heterocycles. The molecule has 1 aromatic carbocycles. The van der Waals surface area contributed by atoms with Crippen LogP contribution in [-0.2, 0) is 12.6 Å². The first-order valence-corrected chi connectivity index (χ1v) is 6.06. The van der Waals surface area contributed by atoms with Gasteiger partial charge >= 0.3 is 6.18 Å². The summed E-state index contributed by atoms with van der Waals surface area (Å²) in [7, 11) is 0. The molecule has 0 amide bonds. The molecule has 18 heavy (non-hydrogen) atoms. The fraction of sp³-hybridized carbons (Fsp3) is 0.571. The third kappa shape index (κ3) is 4.02. The molecule has 0 aliphatic carbocycles. The van der Waals surface area contributed by atoms with Gasteiger partial charge < -0.3 is 5.11 Å². The molecule has 0 saturated carbocycles. The molecular formula is C14H19F3O. The molecule has 1 nitrogen and oxygen atoms in total. The second kappa shape index (κ2) is 5.74. The molecule has 1 unspecified atom stereocenters. The number of rotatable bonds is 4. The van der Waals surface area contributed by atoms with Gasteiger partial charge in [0.2, 0.25) is 0 Å². The van der Waals surface area contributed by atoms with Crippen LogP contribution in [0, 0.1) is 12.8 Å². The van der Waals surface area contributed by atoms with Crippen molar-refractivity contribution < 1.29 is 18.3 Å². The van der Waals surface area contributed by atoms with Crippen molar-refractivity contribution in [3.8, 4) is 0 Å². The summed E-state index contributed by atoms with van der Waals surface area (Å²) >= 11 is 0. The lowest BCUT2D eigenvalue weighted by atomic mass is 9.96. The van der Waals surface area contributed by atoms with Gasteiger partial charge in [0.25, 0.3) is 0 Å². The number of hydrogen-bond acceptors (Lipinski definition) is 1. The molecule has 1 atom stereocenters. The summed E-state index contributed by atoms with van der Waals surface area (Å²) in [5, 5.41) is 9.68. The van der Waals surface area contributed by atoms with E-state index in [0.717, 1.165) is 17.7 Å². The molecule has 0 bridgehead atoms. The first-order chi connectivity index (χ1) is 8.21. The number of aliphatic hydroxyl groups is 1. The maximum absolute atomic E-state index is 12.5. The lowest BCUT2D eigenvalue weighted by Gasteiger charge is -2.15. The Morgan fingerprint density at radius 3 is 2.28 bits per heavy atom.